The van der Waals surface area contributed by atoms with Gasteiger partial charge in [-0.3, -0.25) is 9.59 Å². The van der Waals surface area contributed by atoms with Gasteiger partial charge in [-0.25, -0.2) is 13.8 Å². The molecule has 33 heavy (non-hydrogen) atoms. The average molecular weight is 449 g/mol. The van der Waals surface area contributed by atoms with Crippen molar-refractivity contribution < 1.29 is 9.18 Å². The zero-order valence-electron chi connectivity index (χ0n) is 18.6. The van der Waals surface area contributed by atoms with Crippen LogP contribution in [0.3, 0.4) is 0 Å². The molecule has 8 nitrogen and oxygen atoms in total. The van der Waals surface area contributed by atoms with Crippen molar-refractivity contribution in [2.24, 2.45) is 5.92 Å². The monoisotopic (exact) mass is 448 g/mol. The van der Waals surface area contributed by atoms with Crippen molar-refractivity contribution in [3.63, 3.8) is 0 Å². The van der Waals surface area contributed by atoms with Gasteiger partial charge in [-0.1, -0.05) is 13.0 Å². The highest BCUT2D eigenvalue weighted by Gasteiger charge is 2.25. The molecular weight excluding hydrogens is 423 g/mol. The number of carbonyl (C=O) groups is 1. The molecule has 1 aliphatic rings. The number of halogens is 1. The molecule has 0 atom stereocenters. The van der Waals surface area contributed by atoms with E-state index in [1.54, 1.807) is 45.6 Å². The Morgan fingerprint density at radius 2 is 1.85 bits per heavy atom. The topological polar surface area (TPSA) is 78.0 Å². The van der Waals surface area contributed by atoms with Crippen LogP contribution >= 0.6 is 0 Å². The van der Waals surface area contributed by atoms with Gasteiger partial charge in [-0.05, 0) is 56.0 Å². The van der Waals surface area contributed by atoms with E-state index in [0.717, 1.165) is 12.8 Å². The van der Waals surface area contributed by atoms with Crippen molar-refractivity contribution >= 4 is 16.8 Å². The number of fused-ring (bicyclic) bond motifs is 1. The molecule has 4 heterocycles. The third kappa shape index (κ3) is 3.83. The number of aryl methyl sites for hydroxylation is 1. The fourth-order valence-electron chi connectivity index (χ4n) is 4.36. The first-order valence-corrected chi connectivity index (χ1v) is 11.1. The minimum Gasteiger partial charge on any atom is -0.341 e. The van der Waals surface area contributed by atoms with Gasteiger partial charge in [-0.2, -0.15) is 10.2 Å². The summed E-state index contributed by atoms with van der Waals surface area (Å²) in [6.45, 7) is 5.21. The second-order valence-electron chi connectivity index (χ2n) is 8.64. The first kappa shape index (κ1) is 21.1. The van der Waals surface area contributed by atoms with Crippen molar-refractivity contribution in [1.29, 1.82) is 0 Å². The second kappa shape index (κ2) is 8.31. The summed E-state index contributed by atoms with van der Waals surface area (Å²) in [5.74, 6) is 0.560. The maximum absolute atomic E-state index is 14.0. The van der Waals surface area contributed by atoms with E-state index in [4.69, 9.17) is 0 Å². The number of likely N-dealkylation sites (tertiary alicyclic amines) is 1. The van der Waals surface area contributed by atoms with E-state index in [1.807, 2.05) is 12.1 Å². The lowest BCUT2D eigenvalue weighted by Crippen LogP contribution is -2.41. The third-order valence-corrected chi connectivity index (χ3v) is 6.25. The van der Waals surface area contributed by atoms with Gasteiger partial charge in [0.05, 0.1) is 11.4 Å². The van der Waals surface area contributed by atoms with Gasteiger partial charge in [0, 0.05) is 25.5 Å². The maximum atomic E-state index is 14.0. The van der Waals surface area contributed by atoms with Gasteiger partial charge in [0.1, 0.15) is 23.3 Å². The van der Waals surface area contributed by atoms with E-state index in [1.165, 1.54) is 16.8 Å². The quantitative estimate of drug-likeness (QED) is 0.481. The number of rotatable bonds is 4. The van der Waals surface area contributed by atoms with E-state index in [-0.39, 0.29) is 12.5 Å². The molecule has 0 unspecified atom stereocenters. The van der Waals surface area contributed by atoms with Gasteiger partial charge in [0.15, 0.2) is 5.82 Å². The van der Waals surface area contributed by atoms with Gasteiger partial charge in [0.25, 0.3) is 5.56 Å². The summed E-state index contributed by atoms with van der Waals surface area (Å²) in [5.41, 5.74) is 1.02. The normalized spacial score (nSPS) is 14.8. The SMILES string of the molecule is Cc1nn(CC(=O)N2CCC(C)CC2)c(=O)c2c(-n3cccc3)n(-c3cccc(F)c3)nc12. The van der Waals surface area contributed by atoms with Crippen LogP contribution < -0.4 is 5.56 Å². The zero-order chi connectivity index (χ0) is 23.1. The maximum Gasteiger partial charge on any atom is 0.280 e. The van der Waals surface area contributed by atoms with E-state index in [0.29, 0.717) is 47.1 Å². The molecule has 1 aliphatic heterocycles. The van der Waals surface area contributed by atoms with Crippen LogP contribution in [-0.2, 0) is 11.3 Å². The standard InChI is InChI=1S/C24H25FN6O2/c1-16-8-12-28(13-9-16)20(32)15-30-24(33)21-22(17(2)26-30)27-31(19-7-5-6-18(25)14-19)23(21)29-10-3-4-11-29/h3-7,10-11,14,16H,8-9,12-13,15H2,1-2H3. The summed E-state index contributed by atoms with van der Waals surface area (Å²) in [6, 6.07) is 9.71. The fraction of sp³-hybridized carbons (Fsp3) is 0.333. The van der Waals surface area contributed by atoms with E-state index >= 15 is 0 Å². The lowest BCUT2D eigenvalue weighted by Gasteiger charge is -2.30. The first-order chi connectivity index (χ1) is 15.9. The number of amides is 1. The fourth-order valence-corrected chi connectivity index (χ4v) is 4.36. The largest absolute Gasteiger partial charge is 0.341 e. The summed E-state index contributed by atoms with van der Waals surface area (Å²) in [5, 5.41) is 9.35. The summed E-state index contributed by atoms with van der Waals surface area (Å²) in [4.78, 5) is 28.3. The molecule has 3 aromatic heterocycles. The zero-order valence-corrected chi connectivity index (χ0v) is 18.6. The van der Waals surface area contributed by atoms with Crippen LogP contribution in [0.4, 0.5) is 4.39 Å². The van der Waals surface area contributed by atoms with Gasteiger partial charge in [0.2, 0.25) is 5.91 Å². The first-order valence-electron chi connectivity index (χ1n) is 11.1. The van der Waals surface area contributed by atoms with Gasteiger partial charge < -0.3 is 9.47 Å². The summed E-state index contributed by atoms with van der Waals surface area (Å²) in [6.07, 6.45) is 5.52. The summed E-state index contributed by atoms with van der Waals surface area (Å²) >= 11 is 0. The molecule has 1 saturated heterocycles. The second-order valence-corrected chi connectivity index (χ2v) is 8.64. The van der Waals surface area contributed by atoms with Crippen molar-refractivity contribution in [1.82, 2.24) is 29.0 Å². The number of benzene rings is 1. The predicted octanol–water partition coefficient (Wildman–Crippen LogP) is 3.08. The smallest absolute Gasteiger partial charge is 0.280 e. The molecule has 0 aliphatic carbocycles. The molecule has 0 radical (unpaired) electrons. The van der Waals surface area contributed by atoms with Crippen LogP contribution in [0.25, 0.3) is 22.4 Å². The minimum absolute atomic E-state index is 0.115. The van der Waals surface area contributed by atoms with Crippen LogP contribution in [-0.4, -0.2) is 48.0 Å². The Kier molecular flexibility index (Phi) is 5.32. The lowest BCUT2D eigenvalue weighted by molar-refractivity contribution is -0.133. The number of nitrogens with zero attached hydrogens (tertiary/aromatic N) is 6. The van der Waals surface area contributed by atoms with Crippen LogP contribution in [0.2, 0.25) is 0 Å². The Bertz CT molecular complexity index is 1380. The van der Waals surface area contributed by atoms with E-state index < -0.39 is 11.4 Å². The Labute approximate surface area is 189 Å². The molecule has 0 spiro atoms. The minimum atomic E-state index is -0.404. The van der Waals surface area contributed by atoms with Crippen molar-refractivity contribution in [3.8, 4) is 11.5 Å². The number of aromatic nitrogens is 5. The Hall–Kier alpha value is -3.75. The van der Waals surface area contributed by atoms with Gasteiger partial charge >= 0.3 is 0 Å². The molecule has 9 heteroatoms. The van der Waals surface area contributed by atoms with Crippen LogP contribution in [0.15, 0.2) is 53.6 Å². The summed E-state index contributed by atoms with van der Waals surface area (Å²) in [7, 11) is 0. The molecule has 5 rings (SSSR count). The molecule has 1 fully saturated rings. The lowest BCUT2D eigenvalue weighted by atomic mass is 9.99. The van der Waals surface area contributed by atoms with Crippen LogP contribution in [0.1, 0.15) is 25.5 Å². The van der Waals surface area contributed by atoms with Crippen molar-refractivity contribution in [2.75, 3.05) is 13.1 Å². The Morgan fingerprint density at radius 1 is 1.12 bits per heavy atom. The van der Waals surface area contributed by atoms with E-state index in [2.05, 4.69) is 17.1 Å². The van der Waals surface area contributed by atoms with Crippen LogP contribution in [0, 0.1) is 18.7 Å². The molecule has 1 aromatic carbocycles. The number of hydrogen-bond acceptors (Lipinski definition) is 4. The third-order valence-electron chi connectivity index (χ3n) is 6.25. The number of hydrogen-bond donors (Lipinski definition) is 0. The van der Waals surface area contributed by atoms with Crippen molar-refractivity contribution in [2.45, 2.75) is 33.2 Å². The molecule has 1 amide bonds. The van der Waals surface area contributed by atoms with Crippen molar-refractivity contribution in [3.05, 3.63) is 70.7 Å². The highest BCUT2D eigenvalue weighted by atomic mass is 19.1. The highest BCUT2D eigenvalue weighted by Crippen LogP contribution is 2.25. The Balaban J connectivity index is 1.64. The Morgan fingerprint density at radius 3 is 2.55 bits per heavy atom. The van der Waals surface area contributed by atoms with Crippen LogP contribution in [0.5, 0.6) is 0 Å². The molecule has 0 bridgehead atoms. The molecule has 0 N–H and O–H groups in total. The predicted molar refractivity (Wildman–Crippen MR) is 122 cm³/mol. The average Bonchev–Trinajstić information content (AvgIpc) is 3.46. The highest BCUT2D eigenvalue weighted by molar-refractivity contribution is 5.88. The molecule has 0 saturated carbocycles. The summed E-state index contributed by atoms with van der Waals surface area (Å²) < 4.78 is 18.5. The number of carbonyl (C=O) groups excluding carboxylic acids is 1. The van der Waals surface area contributed by atoms with Gasteiger partial charge in [-0.15, -0.1) is 0 Å². The molecular formula is C24H25FN6O2. The number of piperidine rings is 1. The van der Waals surface area contributed by atoms with E-state index in [9.17, 15) is 14.0 Å². The molecule has 170 valence electrons. The molecule has 4 aromatic rings.